The highest BCUT2D eigenvalue weighted by Crippen LogP contribution is 2.16. The molecule has 110 valence electrons. The second-order valence-electron chi connectivity index (χ2n) is 5.24. The number of hydrogen-bond donors (Lipinski definition) is 0. The standard InChI is InChI=1S/C14H22N4O2/c1-4-5-8-12-15-16-13(20-12)14(19)18(3)10-11-7-6-9-17(11)2/h4-5,11H,6-10H2,1-3H3/b5-4+/t11-/m0/s1. The fraction of sp³-hybridized carbons (Fsp3) is 0.643. The molecular weight excluding hydrogens is 256 g/mol. The molecule has 1 aromatic rings. The van der Waals surface area contributed by atoms with Crippen LogP contribution in [0, 0.1) is 0 Å². The molecule has 0 spiro atoms. The zero-order valence-electron chi connectivity index (χ0n) is 12.4. The van der Waals surface area contributed by atoms with Crippen LogP contribution >= 0.6 is 0 Å². The van der Waals surface area contributed by atoms with E-state index in [1.807, 2.05) is 19.1 Å². The Hall–Kier alpha value is -1.69. The second-order valence-corrected chi connectivity index (χ2v) is 5.24. The number of carbonyl (C=O) groups is 1. The van der Waals surface area contributed by atoms with Crippen molar-refractivity contribution in [1.82, 2.24) is 20.0 Å². The molecule has 0 saturated carbocycles. The fourth-order valence-corrected chi connectivity index (χ4v) is 2.41. The van der Waals surface area contributed by atoms with Gasteiger partial charge in [0.05, 0.1) is 0 Å². The van der Waals surface area contributed by atoms with Crippen LogP contribution in [0.2, 0.25) is 0 Å². The third kappa shape index (κ3) is 3.45. The lowest BCUT2D eigenvalue weighted by atomic mass is 10.2. The summed E-state index contributed by atoms with van der Waals surface area (Å²) in [6, 6.07) is 0.425. The lowest BCUT2D eigenvalue weighted by molar-refractivity contribution is 0.0720. The summed E-state index contributed by atoms with van der Waals surface area (Å²) in [6.45, 7) is 3.72. The van der Waals surface area contributed by atoms with Crippen molar-refractivity contribution in [2.45, 2.75) is 32.2 Å². The summed E-state index contributed by atoms with van der Waals surface area (Å²) in [4.78, 5) is 16.2. The van der Waals surface area contributed by atoms with Crippen LogP contribution < -0.4 is 0 Å². The topological polar surface area (TPSA) is 62.5 Å². The number of likely N-dealkylation sites (N-methyl/N-ethyl adjacent to an activating group) is 2. The molecule has 1 saturated heterocycles. The second kappa shape index (κ2) is 6.65. The molecule has 1 aliphatic rings. The Labute approximate surface area is 119 Å². The molecule has 1 aliphatic heterocycles. The maximum atomic E-state index is 12.2. The van der Waals surface area contributed by atoms with Crippen LogP contribution in [0.4, 0.5) is 0 Å². The lowest BCUT2D eigenvalue weighted by Crippen LogP contribution is -2.39. The summed E-state index contributed by atoms with van der Waals surface area (Å²) < 4.78 is 5.38. The molecule has 1 fully saturated rings. The maximum absolute atomic E-state index is 12.2. The smallest absolute Gasteiger partial charge is 0.311 e. The minimum Gasteiger partial charge on any atom is -0.417 e. The minimum absolute atomic E-state index is 0.0765. The van der Waals surface area contributed by atoms with E-state index in [9.17, 15) is 4.79 Å². The molecule has 6 nitrogen and oxygen atoms in total. The lowest BCUT2D eigenvalue weighted by Gasteiger charge is -2.24. The van der Waals surface area contributed by atoms with Crippen LogP contribution in [-0.4, -0.2) is 59.1 Å². The van der Waals surface area contributed by atoms with Gasteiger partial charge >= 0.3 is 11.8 Å². The van der Waals surface area contributed by atoms with Gasteiger partial charge in [0.25, 0.3) is 0 Å². The quantitative estimate of drug-likeness (QED) is 0.761. The van der Waals surface area contributed by atoms with Crippen molar-refractivity contribution < 1.29 is 9.21 Å². The highest BCUT2D eigenvalue weighted by Gasteiger charge is 2.26. The Morgan fingerprint density at radius 3 is 3.00 bits per heavy atom. The number of carbonyl (C=O) groups excluding carboxylic acids is 1. The monoisotopic (exact) mass is 278 g/mol. The molecule has 6 heteroatoms. The SMILES string of the molecule is C/C=C/Cc1nnc(C(=O)N(C)C[C@@H]2CCCN2C)o1. The number of likely N-dealkylation sites (tertiary alicyclic amines) is 1. The molecule has 0 radical (unpaired) electrons. The molecule has 0 N–H and O–H groups in total. The molecule has 0 bridgehead atoms. The van der Waals surface area contributed by atoms with E-state index in [1.54, 1.807) is 11.9 Å². The van der Waals surface area contributed by atoms with E-state index in [0.717, 1.165) is 13.0 Å². The van der Waals surface area contributed by atoms with Gasteiger partial charge in [-0.25, -0.2) is 0 Å². The molecule has 2 heterocycles. The van der Waals surface area contributed by atoms with Gasteiger partial charge in [0.1, 0.15) is 0 Å². The predicted molar refractivity (Wildman–Crippen MR) is 75.4 cm³/mol. The average molecular weight is 278 g/mol. The van der Waals surface area contributed by atoms with Gasteiger partial charge in [-0.1, -0.05) is 12.2 Å². The minimum atomic E-state index is -0.204. The number of nitrogens with zero attached hydrogens (tertiary/aromatic N) is 4. The molecule has 2 rings (SSSR count). The van der Waals surface area contributed by atoms with Crippen LogP contribution in [-0.2, 0) is 6.42 Å². The first-order valence-corrected chi connectivity index (χ1v) is 7.01. The third-order valence-corrected chi connectivity index (χ3v) is 3.68. The average Bonchev–Trinajstić information content (AvgIpc) is 3.05. The highest BCUT2D eigenvalue weighted by molar-refractivity contribution is 5.89. The number of rotatable bonds is 5. The first kappa shape index (κ1) is 14.7. The predicted octanol–water partition coefficient (Wildman–Crippen LogP) is 1.35. The molecule has 1 amide bonds. The van der Waals surface area contributed by atoms with Crippen LogP contribution in [0.3, 0.4) is 0 Å². The van der Waals surface area contributed by atoms with Crippen LogP contribution in [0.5, 0.6) is 0 Å². The summed E-state index contributed by atoms with van der Waals surface area (Å²) in [5.41, 5.74) is 0. The van der Waals surface area contributed by atoms with Gasteiger partial charge in [0.15, 0.2) is 0 Å². The summed E-state index contributed by atoms with van der Waals surface area (Å²) in [5.74, 6) is 0.343. The Balaban J connectivity index is 1.94. The molecular formula is C14H22N4O2. The van der Waals surface area contributed by atoms with E-state index in [4.69, 9.17) is 4.42 Å². The van der Waals surface area contributed by atoms with Crippen molar-refractivity contribution in [3.63, 3.8) is 0 Å². The van der Waals surface area contributed by atoms with Crippen LogP contribution in [0.25, 0.3) is 0 Å². The van der Waals surface area contributed by atoms with Gasteiger partial charge in [0.2, 0.25) is 5.89 Å². The molecule has 0 aliphatic carbocycles. The molecule has 20 heavy (non-hydrogen) atoms. The Bertz CT molecular complexity index is 483. The first-order valence-electron chi connectivity index (χ1n) is 7.01. The van der Waals surface area contributed by atoms with E-state index in [-0.39, 0.29) is 11.8 Å². The highest BCUT2D eigenvalue weighted by atomic mass is 16.4. The van der Waals surface area contributed by atoms with E-state index in [1.165, 1.54) is 6.42 Å². The summed E-state index contributed by atoms with van der Waals surface area (Å²) >= 11 is 0. The van der Waals surface area contributed by atoms with Crippen molar-refractivity contribution in [1.29, 1.82) is 0 Å². The van der Waals surface area contributed by atoms with Crippen molar-refractivity contribution in [2.75, 3.05) is 27.2 Å². The normalized spacial score (nSPS) is 19.9. The van der Waals surface area contributed by atoms with E-state index in [0.29, 0.717) is 24.9 Å². The number of aromatic nitrogens is 2. The number of amides is 1. The molecule has 1 aromatic heterocycles. The van der Waals surface area contributed by atoms with Crippen molar-refractivity contribution in [3.05, 3.63) is 23.9 Å². The van der Waals surface area contributed by atoms with Crippen LogP contribution in [0.15, 0.2) is 16.6 Å². The van der Waals surface area contributed by atoms with E-state index in [2.05, 4.69) is 22.1 Å². The van der Waals surface area contributed by atoms with Crippen molar-refractivity contribution in [2.24, 2.45) is 0 Å². The summed E-state index contributed by atoms with van der Waals surface area (Å²) in [6.07, 6.45) is 6.71. The fourth-order valence-electron chi connectivity index (χ4n) is 2.41. The largest absolute Gasteiger partial charge is 0.417 e. The first-order chi connectivity index (χ1) is 9.61. The Morgan fingerprint density at radius 2 is 2.35 bits per heavy atom. The van der Waals surface area contributed by atoms with Gasteiger partial charge in [-0.05, 0) is 33.4 Å². The molecule has 0 aromatic carbocycles. The van der Waals surface area contributed by atoms with E-state index >= 15 is 0 Å². The van der Waals surface area contributed by atoms with Gasteiger partial charge < -0.3 is 14.2 Å². The van der Waals surface area contributed by atoms with Gasteiger partial charge in [-0.15, -0.1) is 10.2 Å². The molecule has 1 atom stereocenters. The zero-order chi connectivity index (χ0) is 14.5. The van der Waals surface area contributed by atoms with E-state index < -0.39 is 0 Å². The van der Waals surface area contributed by atoms with Crippen LogP contribution in [0.1, 0.15) is 36.3 Å². The van der Waals surface area contributed by atoms with Gasteiger partial charge in [-0.2, -0.15) is 0 Å². The van der Waals surface area contributed by atoms with Gasteiger partial charge in [-0.3, -0.25) is 4.79 Å². The summed E-state index contributed by atoms with van der Waals surface area (Å²) in [7, 11) is 3.88. The molecule has 0 unspecified atom stereocenters. The Kier molecular flexibility index (Phi) is 4.89. The Morgan fingerprint density at radius 1 is 1.55 bits per heavy atom. The van der Waals surface area contributed by atoms with Crippen molar-refractivity contribution in [3.8, 4) is 0 Å². The van der Waals surface area contributed by atoms with Crippen molar-refractivity contribution >= 4 is 5.91 Å². The summed E-state index contributed by atoms with van der Waals surface area (Å²) in [5, 5.41) is 7.71. The zero-order valence-corrected chi connectivity index (χ0v) is 12.4. The number of allylic oxidation sites excluding steroid dienone is 2. The third-order valence-electron chi connectivity index (χ3n) is 3.68. The van der Waals surface area contributed by atoms with Gasteiger partial charge in [0, 0.05) is 26.1 Å². The maximum Gasteiger partial charge on any atom is 0.311 e. The number of hydrogen-bond acceptors (Lipinski definition) is 5.